The summed E-state index contributed by atoms with van der Waals surface area (Å²) in [6.07, 6.45) is 6.01. The summed E-state index contributed by atoms with van der Waals surface area (Å²) in [5.41, 5.74) is -0.843. The van der Waals surface area contributed by atoms with Gasteiger partial charge < -0.3 is 0 Å². The maximum atomic E-state index is 12.5. The van der Waals surface area contributed by atoms with E-state index in [1.54, 1.807) is 19.3 Å². The van der Waals surface area contributed by atoms with E-state index in [2.05, 4.69) is 11.1 Å². The van der Waals surface area contributed by atoms with Crippen molar-refractivity contribution in [3.8, 4) is 6.07 Å². The highest BCUT2D eigenvalue weighted by Gasteiger charge is 2.42. The lowest BCUT2D eigenvalue weighted by Crippen LogP contribution is -2.43. The maximum absolute atomic E-state index is 12.5. The molecule has 0 N–H and O–H groups in total. The van der Waals surface area contributed by atoms with E-state index in [1.807, 2.05) is 12.1 Å². The molecule has 1 heterocycles. The van der Waals surface area contributed by atoms with Crippen LogP contribution in [-0.2, 0) is 4.79 Å². The maximum Gasteiger partial charge on any atom is 0.248 e. The minimum absolute atomic E-state index is 0.122. The summed E-state index contributed by atoms with van der Waals surface area (Å²) >= 11 is 0. The van der Waals surface area contributed by atoms with Crippen molar-refractivity contribution in [3.05, 3.63) is 24.4 Å². The van der Waals surface area contributed by atoms with Gasteiger partial charge in [0.25, 0.3) is 0 Å². The molecule has 1 aromatic heterocycles. The molecule has 0 aliphatic heterocycles. The Hall–Kier alpha value is -1.89. The fraction of sp³-hybridized carbons (Fsp3) is 0.500. The highest BCUT2D eigenvalue weighted by atomic mass is 16.2. The molecular weight excluding hydrogens is 226 g/mol. The van der Waals surface area contributed by atoms with Crippen LogP contribution in [-0.4, -0.2) is 17.9 Å². The van der Waals surface area contributed by atoms with E-state index in [1.165, 1.54) is 4.90 Å². The van der Waals surface area contributed by atoms with Gasteiger partial charge in [0, 0.05) is 13.2 Å². The van der Waals surface area contributed by atoms with Crippen molar-refractivity contribution in [1.82, 2.24) is 4.98 Å². The van der Waals surface area contributed by atoms with Crippen LogP contribution in [0.5, 0.6) is 0 Å². The number of rotatable bonds is 2. The Labute approximate surface area is 107 Å². The van der Waals surface area contributed by atoms with E-state index in [0.717, 1.165) is 19.3 Å². The molecule has 0 unspecified atom stereocenters. The smallest absolute Gasteiger partial charge is 0.248 e. The number of hydrogen-bond donors (Lipinski definition) is 0. The van der Waals surface area contributed by atoms with Crippen LogP contribution in [0.3, 0.4) is 0 Å². The molecule has 0 bridgehead atoms. The SMILES string of the molecule is CN(C(=O)C1(C#N)CCCCC1)c1ccccn1. The summed E-state index contributed by atoms with van der Waals surface area (Å²) in [6.45, 7) is 0. The third kappa shape index (κ3) is 2.21. The van der Waals surface area contributed by atoms with Crippen LogP contribution in [0, 0.1) is 16.7 Å². The van der Waals surface area contributed by atoms with Gasteiger partial charge in [-0.05, 0) is 25.0 Å². The van der Waals surface area contributed by atoms with Crippen LogP contribution in [0.2, 0.25) is 0 Å². The van der Waals surface area contributed by atoms with E-state index in [4.69, 9.17) is 0 Å². The molecule has 1 aliphatic carbocycles. The van der Waals surface area contributed by atoms with Gasteiger partial charge in [-0.2, -0.15) is 5.26 Å². The molecule has 1 aliphatic rings. The number of pyridine rings is 1. The van der Waals surface area contributed by atoms with Gasteiger partial charge in [-0.25, -0.2) is 4.98 Å². The highest BCUT2D eigenvalue weighted by Crippen LogP contribution is 2.37. The van der Waals surface area contributed by atoms with Crippen LogP contribution in [0.4, 0.5) is 5.82 Å². The van der Waals surface area contributed by atoms with Crippen molar-refractivity contribution >= 4 is 11.7 Å². The minimum atomic E-state index is -0.843. The largest absolute Gasteiger partial charge is 0.299 e. The van der Waals surface area contributed by atoms with E-state index >= 15 is 0 Å². The van der Waals surface area contributed by atoms with Gasteiger partial charge in [-0.1, -0.05) is 25.3 Å². The van der Waals surface area contributed by atoms with Gasteiger partial charge in [0.15, 0.2) is 0 Å². The first-order valence-electron chi connectivity index (χ1n) is 6.30. The monoisotopic (exact) mass is 243 g/mol. The number of carbonyl (C=O) groups is 1. The Morgan fingerprint density at radius 2 is 2.11 bits per heavy atom. The number of amides is 1. The van der Waals surface area contributed by atoms with Crippen LogP contribution in [0.25, 0.3) is 0 Å². The second kappa shape index (κ2) is 5.18. The van der Waals surface area contributed by atoms with Crippen molar-refractivity contribution in [1.29, 1.82) is 5.26 Å². The first-order valence-corrected chi connectivity index (χ1v) is 6.30. The summed E-state index contributed by atoms with van der Waals surface area (Å²) in [6, 6.07) is 7.68. The van der Waals surface area contributed by atoms with E-state index < -0.39 is 5.41 Å². The van der Waals surface area contributed by atoms with Gasteiger partial charge in [0.2, 0.25) is 5.91 Å². The lowest BCUT2D eigenvalue weighted by atomic mass is 9.74. The van der Waals surface area contributed by atoms with Gasteiger partial charge in [0.05, 0.1) is 6.07 Å². The number of nitriles is 1. The van der Waals surface area contributed by atoms with Gasteiger partial charge in [0.1, 0.15) is 11.2 Å². The zero-order valence-electron chi connectivity index (χ0n) is 10.6. The molecule has 0 spiro atoms. The molecule has 0 atom stereocenters. The van der Waals surface area contributed by atoms with Crippen molar-refractivity contribution in [2.24, 2.45) is 5.41 Å². The Kier molecular flexibility index (Phi) is 3.61. The van der Waals surface area contributed by atoms with Gasteiger partial charge in [-0.3, -0.25) is 9.69 Å². The zero-order chi connectivity index (χ0) is 13.0. The van der Waals surface area contributed by atoms with Crippen molar-refractivity contribution in [2.75, 3.05) is 11.9 Å². The van der Waals surface area contributed by atoms with Crippen LogP contribution in [0.1, 0.15) is 32.1 Å². The molecule has 1 fully saturated rings. The van der Waals surface area contributed by atoms with E-state index in [0.29, 0.717) is 18.7 Å². The summed E-state index contributed by atoms with van der Waals surface area (Å²) in [7, 11) is 1.69. The summed E-state index contributed by atoms with van der Waals surface area (Å²) in [5.74, 6) is 0.478. The quantitative estimate of drug-likeness (QED) is 0.802. The average Bonchev–Trinajstić information content (AvgIpc) is 2.47. The second-order valence-corrected chi connectivity index (χ2v) is 4.81. The Bertz CT molecular complexity index is 458. The second-order valence-electron chi connectivity index (χ2n) is 4.81. The van der Waals surface area contributed by atoms with E-state index in [-0.39, 0.29) is 5.91 Å². The first-order chi connectivity index (χ1) is 8.69. The molecule has 1 aromatic rings. The van der Waals surface area contributed by atoms with Crippen molar-refractivity contribution in [2.45, 2.75) is 32.1 Å². The Balaban J connectivity index is 2.22. The summed E-state index contributed by atoms with van der Waals surface area (Å²) < 4.78 is 0. The van der Waals surface area contributed by atoms with E-state index in [9.17, 15) is 10.1 Å². The van der Waals surface area contributed by atoms with Crippen LogP contribution in [0.15, 0.2) is 24.4 Å². The molecule has 4 heteroatoms. The minimum Gasteiger partial charge on any atom is -0.299 e. The molecule has 94 valence electrons. The van der Waals surface area contributed by atoms with Crippen LogP contribution < -0.4 is 4.90 Å². The van der Waals surface area contributed by atoms with Crippen molar-refractivity contribution < 1.29 is 4.79 Å². The molecule has 1 amide bonds. The third-order valence-corrected chi connectivity index (χ3v) is 3.63. The molecule has 0 aromatic carbocycles. The summed E-state index contributed by atoms with van der Waals surface area (Å²) in [4.78, 5) is 18.2. The number of nitrogens with zero attached hydrogens (tertiary/aromatic N) is 3. The fourth-order valence-electron chi connectivity index (χ4n) is 2.51. The number of aromatic nitrogens is 1. The predicted molar refractivity (Wildman–Crippen MR) is 68.8 cm³/mol. The first kappa shape index (κ1) is 12.6. The standard InChI is InChI=1S/C14H17N3O/c1-17(12-7-3-6-10-16-12)13(18)14(11-15)8-4-2-5-9-14/h3,6-7,10H,2,4-5,8-9H2,1H3. The zero-order valence-corrected chi connectivity index (χ0v) is 10.6. The normalized spacial score (nSPS) is 17.8. The third-order valence-electron chi connectivity index (χ3n) is 3.63. The molecule has 4 nitrogen and oxygen atoms in total. The molecule has 18 heavy (non-hydrogen) atoms. The van der Waals surface area contributed by atoms with Crippen LogP contribution >= 0.6 is 0 Å². The fourth-order valence-corrected chi connectivity index (χ4v) is 2.51. The Morgan fingerprint density at radius 3 is 2.67 bits per heavy atom. The number of anilines is 1. The number of carbonyl (C=O) groups excluding carboxylic acids is 1. The van der Waals surface area contributed by atoms with Crippen molar-refractivity contribution in [3.63, 3.8) is 0 Å². The summed E-state index contributed by atoms with van der Waals surface area (Å²) in [5, 5.41) is 9.39. The topological polar surface area (TPSA) is 57.0 Å². The number of hydrogen-bond acceptors (Lipinski definition) is 3. The predicted octanol–water partition coefficient (Wildman–Crippen LogP) is 2.52. The van der Waals surface area contributed by atoms with Gasteiger partial charge >= 0.3 is 0 Å². The lowest BCUT2D eigenvalue weighted by Gasteiger charge is -2.32. The average molecular weight is 243 g/mol. The molecular formula is C14H17N3O. The molecule has 0 radical (unpaired) electrons. The molecule has 0 saturated heterocycles. The highest BCUT2D eigenvalue weighted by molar-refractivity contribution is 5.98. The van der Waals surface area contributed by atoms with Gasteiger partial charge in [-0.15, -0.1) is 0 Å². The lowest BCUT2D eigenvalue weighted by molar-refractivity contribution is -0.126. The molecule has 2 rings (SSSR count). The Morgan fingerprint density at radius 1 is 1.39 bits per heavy atom. The molecule has 1 saturated carbocycles.